The molecule has 0 radical (unpaired) electrons. The third kappa shape index (κ3) is 5.29. The SMILES string of the molecule is CCOC(=O)c1sc2c(c1C)C(=O)C(C(C)(C)C(N)=O)C(=O)N2C[C@H](OCCO)c1cc(F)ccc1OC. The van der Waals surface area contributed by atoms with Crippen molar-refractivity contribution >= 4 is 39.9 Å². The number of aliphatic hydroxyl groups excluding tert-OH is 1. The van der Waals surface area contributed by atoms with Crippen LogP contribution in [0.3, 0.4) is 0 Å². The van der Waals surface area contributed by atoms with Gasteiger partial charge in [-0.25, -0.2) is 9.18 Å². The Morgan fingerprint density at radius 2 is 1.97 bits per heavy atom. The van der Waals surface area contributed by atoms with Crippen LogP contribution in [0, 0.1) is 24.1 Å². The number of halogens is 1. The molecular formula is C26H31FN2O8S. The molecule has 38 heavy (non-hydrogen) atoms. The van der Waals surface area contributed by atoms with Crippen molar-refractivity contribution in [3.05, 3.63) is 45.6 Å². The Bertz CT molecular complexity index is 1260. The molecule has 2 amide bonds. The van der Waals surface area contributed by atoms with Crippen LogP contribution in [0.1, 0.15) is 58.0 Å². The maximum Gasteiger partial charge on any atom is 0.348 e. The minimum atomic E-state index is -1.57. The van der Waals surface area contributed by atoms with Gasteiger partial charge in [-0.15, -0.1) is 11.3 Å². The van der Waals surface area contributed by atoms with Gasteiger partial charge in [0.1, 0.15) is 33.5 Å². The molecule has 10 nitrogen and oxygen atoms in total. The Hall–Kier alpha value is -3.35. The summed E-state index contributed by atoms with van der Waals surface area (Å²) in [6.45, 7) is 5.38. The average Bonchev–Trinajstić information content (AvgIpc) is 3.21. The molecule has 0 bridgehead atoms. The number of aliphatic hydroxyl groups is 1. The number of amides is 2. The average molecular weight is 551 g/mol. The molecule has 3 N–H and O–H groups in total. The van der Waals surface area contributed by atoms with E-state index < -0.39 is 46.8 Å². The number of ketones is 1. The Balaban J connectivity index is 2.22. The minimum Gasteiger partial charge on any atom is -0.496 e. The summed E-state index contributed by atoms with van der Waals surface area (Å²) < 4.78 is 30.6. The second kappa shape index (κ2) is 11.6. The highest BCUT2D eigenvalue weighted by Crippen LogP contribution is 2.46. The van der Waals surface area contributed by atoms with E-state index in [0.717, 1.165) is 11.3 Å². The zero-order valence-corrected chi connectivity index (χ0v) is 22.6. The molecule has 0 spiro atoms. The highest BCUT2D eigenvalue weighted by molar-refractivity contribution is 7.19. The lowest BCUT2D eigenvalue weighted by Crippen LogP contribution is -2.54. The molecule has 0 saturated heterocycles. The van der Waals surface area contributed by atoms with E-state index >= 15 is 0 Å². The number of hydrogen-bond donors (Lipinski definition) is 2. The lowest BCUT2D eigenvalue weighted by Gasteiger charge is -2.39. The summed E-state index contributed by atoms with van der Waals surface area (Å²) in [6.07, 6.45) is -1.01. The van der Waals surface area contributed by atoms with Gasteiger partial charge in [-0.05, 0) is 51.5 Å². The lowest BCUT2D eigenvalue weighted by atomic mass is 9.71. The number of carbonyl (C=O) groups excluding carboxylic acids is 4. The van der Waals surface area contributed by atoms with Crippen molar-refractivity contribution in [2.75, 3.05) is 38.4 Å². The van der Waals surface area contributed by atoms with Gasteiger partial charge in [0.25, 0.3) is 0 Å². The van der Waals surface area contributed by atoms with Crippen molar-refractivity contribution in [3.63, 3.8) is 0 Å². The first kappa shape index (κ1) is 29.2. The molecule has 1 aromatic carbocycles. The molecule has 206 valence electrons. The van der Waals surface area contributed by atoms with Crippen LogP contribution in [0.15, 0.2) is 18.2 Å². The van der Waals surface area contributed by atoms with E-state index in [1.54, 1.807) is 13.8 Å². The van der Waals surface area contributed by atoms with Gasteiger partial charge in [0.15, 0.2) is 5.78 Å². The first-order chi connectivity index (χ1) is 17.9. The number of benzene rings is 1. The van der Waals surface area contributed by atoms with E-state index in [2.05, 4.69) is 0 Å². The number of rotatable bonds is 11. The van der Waals surface area contributed by atoms with Gasteiger partial charge in [-0.3, -0.25) is 19.3 Å². The quantitative estimate of drug-likeness (QED) is 0.321. The number of nitrogens with two attached hydrogens (primary N) is 1. The molecule has 1 aromatic heterocycles. The van der Waals surface area contributed by atoms with E-state index in [1.165, 1.54) is 44.1 Å². The molecule has 1 aliphatic rings. The zero-order chi connectivity index (χ0) is 28.4. The first-order valence-electron chi connectivity index (χ1n) is 11.9. The van der Waals surface area contributed by atoms with E-state index in [0.29, 0.717) is 5.56 Å². The molecule has 2 aromatic rings. The third-order valence-corrected chi connectivity index (χ3v) is 7.80. The predicted octanol–water partition coefficient (Wildman–Crippen LogP) is 2.79. The third-order valence-electron chi connectivity index (χ3n) is 6.51. The van der Waals surface area contributed by atoms with Crippen LogP contribution in [0.5, 0.6) is 5.75 Å². The monoisotopic (exact) mass is 550 g/mol. The number of methoxy groups -OCH3 is 1. The zero-order valence-electron chi connectivity index (χ0n) is 21.8. The van der Waals surface area contributed by atoms with Crippen LogP contribution in [0.2, 0.25) is 0 Å². The molecule has 1 unspecified atom stereocenters. The summed E-state index contributed by atoms with van der Waals surface area (Å²) in [5.41, 5.74) is 4.70. The number of nitrogens with zero attached hydrogens (tertiary/aromatic N) is 1. The van der Waals surface area contributed by atoms with E-state index in [-0.39, 0.29) is 53.1 Å². The Morgan fingerprint density at radius 1 is 1.29 bits per heavy atom. The van der Waals surface area contributed by atoms with Crippen molar-refractivity contribution in [2.24, 2.45) is 17.1 Å². The summed E-state index contributed by atoms with van der Waals surface area (Å²) in [5.74, 6) is -4.66. The van der Waals surface area contributed by atoms with Gasteiger partial charge >= 0.3 is 5.97 Å². The van der Waals surface area contributed by atoms with Crippen LogP contribution >= 0.6 is 11.3 Å². The van der Waals surface area contributed by atoms with Gasteiger partial charge in [0, 0.05) is 5.56 Å². The standard InChI is InChI=1S/C26H31FN2O8S/c1-6-36-24(33)21-13(2)18-20(31)19(26(3,4)25(28)34)22(32)29(23(18)38-21)12-17(37-10-9-30)15-11-14(27)7-8-16(15)35-5/h7-8,11,17,19,30H,6,9-10,12H2,1-5H3,(H2,28,34)/t17-,19?/m0/s1. The Morgan fingerprint density at radius 3 is 2.55 bits per heavy atom. The van der Waals surface area contributed by atoms with Crippen LogP contribution in [0.25, 0.3) is 0 Å². The van der Waals surface area contributed by atoms with Crippen LogP contribution in [-0.2, 0) is 19.1 Å². The number of primary amides is 1. The van der Waals surface area contributed by atoms with Crippen LogP contribution < -0.4 is 15.4 Å². The van der Waals surface area contributed by atoms with Crippen molar-refractivity contribution in [1.82, 2.24) is 0 Å². The number of anilines is 1. The number of ether oxygens (including phenoxy) is 3. The molecule has 2 atom stereocenters. The molecule has 12 heteroatoms. The second-order valence-electron chi connectivity index (χ2n) is 9.26. The molecule has 1 aliphatic heterocycles. The Labute approximate surface area is 223 Å². The number of Topliss-reactive ketones (excluding diaryl/α,β-unsaturated/α-hetero) is 1. The lowest BCUT2D eigenvalue weighted by molar-refractivity contribution is -0.135. The summed E-state index contributed by atoms with van der Waals surface area (Å²) in [6, 6.07) is 3.80. The largest absolute Gasteiger partial charge is 0.496 e. The van der Waals surface area contributed by atoms with Gasteiger partial charge < -0.3 is 25.1 Å². The summed E-state index contributed by atoms with van der Waals surface area (Å²) in [7, 11) is 1.39. The fraction of sp³-hybridized carbons (Fsp3) is 0.462. The first-order valence-corrected chi connectivity index (χ1v) is 12.7. The number of esters is 1. The maximum atomic E-state index is 14.2. The Kier molecular flexibility index (Phi) is 8.90. The second-order valence-corrected chi connectivity index (χ2v) is 10.3. The molecule has 2 heterocycles. The minimum absolute atomic E-state index is 0.101. The topological polar surface area (TPSA) is 145 Å². The number of fused-ring (bicyclic) bond motifs is 1. The van der Waals surface area contributed by atoms with Crippen molar-refractivity contribution < 1.29 is 42.9 Å². The fourth-order valence-corrected chi connectivity index (χ4v) is 5.61. The summed E-state index contributed by atoms with van der Waals surface area (Å²) in [5, 5.41) is 9.57. The number of carbonyl (C=O) groups is 4. The highest BCUT2D eigenvalue weighted by atomic mass is 32.1. The van der Waals surface area contributed by atoms with Gasteiger partial charge in [0.05, 0.1) is 44.5 Å². The van der Waals surface area contributed by atoms with E-state index in [9.17, 15) is 28.7 Å². The van der Waals surface area contributed by atoms with E-state index in [1.807, 2.05) is 0 Å². The number of thiophene rings is 1. The smallest absolute Gasteiger partial charge is 0.348 e. The van der Waals surface area contributed by atoms with Crippen molar-refractivity contribution in [2.45, 2.75) is 33.8 Å². The normalized spacial score (nSPS) is 16.3. The molecular weight excluding hydrogens is 519 g/mol. The van der Waals surface area contributed by atoms with Gasteiger partial charge in [-0.1, -0.05) is 0 Å². The van der Waals surface area contributed by atoms with Crippen LogP contribution in [-0.4, -0.2) is 62.1 Å². The van der Waals surface area contributed by atoms with Gasteiger partial charge in [0.2, 0.25) is 11.8 Å². The fourth-order valence-electron chi connectivity index (χ4n) is 4.39. The summed E-state index contributed by atoms with van der Waals surface area (Å²) >= 11 is 0.904. The predicted molar refractivity (Wildman–Crippen MR) is 137 cm³/mol. The van der Waals surface area contributed by atoms with Crippen molar-refractivity contribution in [3.8, 4) is 5.75 Å². The molecule has 0 saturated carbocycles. The van der Waals surface area contributed by atoms with Gasteiger partial charge in [-0.2, -0.15) is 0 Å². The highest BCUT2D eigenvalue weighted by Gasteiger charge is 2.52. The van der Waals surface area contributed by atoms with Crippen molar-refractivity contribution in [1.29, 1.82) is 0 Å². The van der Waals surface area contributed by atoms with Crippen LogP contribution in [0.4, 0.5) is 9.39 Å². The molecule has 0 aliphatic carbocycles. The molecule has 3 rings (SSSR count). The maximum absolute atomic E-state index is 14.2. The summed E-state index contributed by atoms with van der Waals surface area (Å²) in [4.78, 5) is 54.0. The number of hydrogen-bond acceptors (Lipinski definition) is 9. The van der Waals surface area contributed by atoms with E-state index in [4.69, 9.17) is 19.9 Å². The molecule has 0 fully saturated rings.